The second-order valence-corrected chi connectivity index (χ2v) is 13.0. The summed E-state index contributed by atoms with van der Waals surface area (Å²) in [7, 11) is -7.09. The van der Waals surface area contributed by atoms with Crippen molar-refractivity contribution in [3.05, 3.63) is 47.3 Å². The molecule has 0 atom stereocenters. The standard InChI is InChI=1S/C21H27N3O5S3/c25-21(22-13-15-24(16-14-22)32(28,29)20-6-5-17-30-20)18-7-9-19(10-8-18)31(26,27)23-11-3-1-2-4-12-23/h5-10,17H,1-4,11-16H2. The Morgan fingerprint density at radius 2 is 1.31 bits per heavy atom. The molecule has 0 radical (unpaired) electrons. The van der Waals surface area contributed by atoms with E-state index in [1.807, 2.05) is 0 Å². The third kappa shape index (κ3) is 4.76. The fourth-order valence-electron chi connectivity index (χ4n) is 4.05. The van der Waals surface area contributed by atoms with Crippen molar-refractivity contribution in [1.29, 1.82) is 0 Å². The minimum Gasteiger partial charge on any atom is -0.336 e. The Hall–Kier alpha value is -1.79. The minimum absolute atomic E-state index is 0.197. The topological polar surface area (TPSA) is 95.1 Å². The van der Waals surface area contributed by atoms with E-state index in [2.05, 4.69) is 0 Å². The molecule has 0 unspecified atom stereocenters. The summed E-state index contributed by atoms with van der Waals surface area (Å²) in [5.74, 6) is -0.225. The quantitative estimate of drug-likeness (QED) is 0.632. The Kier molecular flexibility index (Phi) is 7.01. The third-order valence-corrected chi connectivity index (χ3v) is 11.1. The number of carbonyl (C=O) groups excluding carboxylic acids is 1. The molecule has 0 spiro atoms. The van der Waals surface area contributed by atoms with Crippen LogP contribution in [0.25, 0.3) is 0 Å². The fraction of sp³-hybridized carbons (Fsp3) is 0.476. The summed E-state index contributed by atoms with van der Waals surface area (Å²) in [6, 6.07) is 9.35. The number of carbonyl (C=O) groups is 1. The average Bonchev–Trinajstić information content (AvgIpc) is 3.22. The van der Waals surface area contributed by atoms with Crippen molar-refractivity contribution in [3.63, 3.8) is 0 Å². The molecule has 4 rings (SSSR count). The first-order chi connectivity index (χ1) is 15.3. The van der Waals surface area contributed by atoms with Crippen LogP contribution in [0.4, 0.5) is 0 Å². The van der Waals surface area contributed by atoms with Crippen LogP contribution in [0.15, 0.2) is 50.9 Å². The lowest BCUT2D eigenvalue weighted by Crippen LogP contribution is -2.50. The molecule has 32 heavy (non-hydrogen) atoms. The Balaban J connectivity index is 1.40. The molecule has 0 aliphatic carbocycles. The van der Waals surface area contributed by atoms with Gasteiger partial charge in [0.15, 0.2) is 0 Å². The van der Waals surface area contributed by atoms with Crippen molar-refractivity contribution in [3.8, 4) is 0 Å². The lowest BCUT2D eigenvalue weighted by atomic mass is 10.2. The maximum atomic E-state index is 12.9. The second-order valence-electron chi connectivity index (χ2n) is 7.97. The molecule has 1 aromatic carbocycles. The molecule has 0 bridgehead atoms. The zero-order valence-corrected chi connectivity index (χ0v) is 20.2. The highest BCUT2D eigenvalue weighted by molar-refractivity contribution is 7.91. The molecular weight excluding hydrogens is 470 g/mol. The predicted molar refractivity (Wildman–Crippen MR) is 123 cm³/mol. The maximum absolute atomic E-state index is 12.9. The lowest BCUT2D eigenvalue weighted by molar-refractivity contribution is 0.0698. The van der Waals surface area contributed by atoms with Gasteiger partial charge >= 0.3 is 0 Å². The molecular formula is C21H27N3O5S3. The van der Waals surface area contributed by atoms with E-state index in [1.54, 1.807) is 34.5 Å². The van der Waals surface area contributed by atoms with Crippen molar-refractivity contribution < 1.29 is 21.6 Å². The third-order valence-electron chi connectivity index (χ3n) is 5.92. The van der Waals surface area contributed by atoms with Crippen LogP contribution in [0.1, 0.15) is 36.0 Å². The number of hydrogen-bond donors (Lipinski definition) is 0. The van der Waals surface area contributed by atoms with Gasteiger partial charge in [-0.3, -0.25) is 4.79 Å². The first kappa shape index (κ1) is 23.4. The van der Waals surface area contributed by atoms with Gasteiger partial charge in [-0.2, -0.15) is 8.61 Å². The van der Waals surface area contributed by atoms with E-state index in [-0.39, 0.29) is 37.0 Å². The second kappa shape index (κ2) is 9.60. The zero-order valence-electron chi connectivity index (χ0n) is 17.7. The van der Waals surface area contributed by atoms with Crippen LogP contribution < -0.4 is 0 Å². The first-order valence-electron chi connectivity index (χ1n) is 10.7. The summed E-state index contributed by atoms with van der Waals surface area (Å²) in [6.45, 7) is 2.10. The van der Waals surface area contributed by atoms with Gasteiger partial charge < -0.3 is 4.90 Å². The molecule has 0 saturated carbocycles. The molecule has 8 nitrogen and oxygen atoms in total. The normalized spacial score (nSPS) is 19.6. The first-order valence-corrected chi connectivity index (χ1v) is 14.5. The molecule has 2 aliphatic rings. The highest BCUT2D eigenvalue weighted by Gasteiger charge is 2.31. The number of hydrogen-bond acceptors (Lipinski definition) is 6. The summed E-state index contributed by atoms with van der Waals surface area (Å²) in [6.07, 6.45) is 3.82. The molecule has 0 N–H and O–H groups in total. The van der Waals surface area contributed by atoms with E-state index in [1.165, 1.54) is 32.1 Å². The van der Waals surface area contributed by atoms with E-state index in [0.717, 1.165) is 25.7 Å². The zero-order chi connectivity index (χ0) is 22.8. The summed E-state index contributed by atoms with van der Waals surface area (Å²) in [5, 5.41) is 1.73. The maximum Gasteiger partial charge on any atom is 0.253 e. The summed E-state index contributed by atoms with van der Waals surface area (Å²) in [4.78, 5) is 14.7. The van der Waals surface area contributed by atoms with Crippen LogP contribution in [0.2, 0.25) is 0 Å². The number of rotatable bonds is 5. The molecule has 174 valence electrons. The number of sulfonamides is 2. The van der Waals surface area contributed by atoms with E-state index in [0.29, 0.717) is 22.9 Å². The number of thiophene rings is 1. The Morgan fingerprint density at radius 1 is 0.719 bits per heavy atom. The van der Waals surface area contributed by atoms with Crippen LogP contribution in [-0.2, 0) is 20.0 Å². The van der Waals surface area contributed by atoms with Gasteiger partial charge in [-0.25, -0.2) is 16.8 Å². The minimum atomic E-state index is -3.56. The van der Waals surface area contributed by atoms with Crippen LogP contribution in [-0.4, -0.2) is 75.5 Å². The van der Waals surface area contributed by atoms with Gasteiger partial charge in [0.2, 0.25) is 10.0 Å². The van der Waals surface area contributed by atoms with Crippen LogP contribution >= 0.6 is 11.3 Å². The van der Waals surface area contributed by atoms with Crippen molar-refractivity contribution in [2.45, 2.75) is 34.8 Å². The summed E-state index contributed by atoms with van der Waals surface area (Å²) < 4.78 is 54.4. The average molecular weight is 498 g/mol. The van der Waals surface area contributed by atoms with E-state index >= 15 is 0 Å². The summed E-state index contributed by atoms with van der Waals surface area (Å²) >= 11 is 1.18. The van der Waals surface area contributed by atoms with Crippen LogP contribution in [0, 0.1) is 0 Å². The van der Waals surface area contributed by atoms with Crippen LogP contribution in [0.5, 0.6) is 0 Å². The molecule has 2 fully saturated rings. The number of benzene rings is 1. The van der Waals surface area contributed by atoms with Crippen molar-refractivity contribution in [1.82, 2.24) is 13.5 Å². The lowest BCUT2D eigenvalue weighted by Gasteiger charge is -2.33. The molecule has 2 saturated heterocycles. The van der Waals surface area contributed by atoms with Gasteiger partial charge in [-0.15, -0.1) is 11.3 Å². The number of nitrogens with zero attached hydrogens (tertiary/aromatic N) is 3. The predicted octanol–water partition coefficient (Wildman–Crippen LogP) is 2.46. The van der Waals surface area contributed by atoms with E-state index in [9.17, 15) is 21.6 Å². The molecule has 2 aliphatic heterocycles. The van der Waals surface area contributed by atoms with Crippen LogP contribution in [0.3, 0.4) is 0 Å². The van der Waals surface area contributed by atoms with Gasteiger partial charge in [0, 0.05) is 44.8 Å². The molecule has 11 heteroatoms. The van der Waals surface area contributed by atoms with Crippen molar-refractivity contribution in [2.24, 2.45) is 0 Å². The SMILES string of the molecule is O=C(c1ccc(S(=O)(=O)N2CCCCCC2)cc1)N1CCN(S(=O)(=O)c2cccs2)CC1. The smallest absolute Gasteiger partial charge is 0.253 e. The Bertz CT molecular complexity index is 1130. The fourth-order valence-corrected chi connectivity index (χ4v) is 8.14. The van der Waals surface area contributed by atoms with Gasteiger partial charge in [0.05, 0.1) is 4.90 Å². The number of amides is 1. The highest BCUT2D eigenvalue weighted by atomic mass is 32.2. The van der Waals surface area contributed by atoms with Gasteiger partial charge in [0.25, 0.3) is 15.9 Å². The monoisotopic (exact) mass is 497 g/mol. The van der Waals surface area contributed by atoms with Crippen molar-refractivity contribution in [2.75, 3.05) is 39.3 Å². The number of piperazine rings is 1. The van der Waals surface area contributed by atoms with Gasteiger partial charge in [-0.1, -0.05) is 18.9 Å². The molecule has 1 amide bonds. The molecule has 3 heterocycles. The van der Waals surface area contributed by atoms with Gasteiger partial charge in [-0.05, 0) is 48.6 Å². The highest BCUT2D eigenvalue weighted by Crippen LogP contribution is 2.24. The molecule has 1 aromatic heterocycles. The van der Waals surface area contributed by atoms with E-state index < -0.39 is 20.0 Å². The van der Waals surface area contributed by atoms with Gasteiger partial charge in [0.1, 0.15) is 4.21 Å². The van der Waals surface area contributed by atoms with Crippen molar-refractivity contribution >= 4 is 37.3 Å². The Labute approximate surface area is 193 Å². The van der Waals surface area contributed by atoms with E-state index in [4.69, 9.17) is 0 Å². The Morgan fingerprint density at radius 3 is 1.88 bits per heavy atom. The largest absolute Gasteiger partial charge is 0.336 e. The molecule has 2 aromatic rings. The summed E-state index contributed by atoms with van der Waals surface area (Å²) in [5.41, 5.74) is 0.398.